The van der Waals surface area contributed by atoms with Gasteiger partial charge in [-0.2, -0.15) is 0 Å². The summed E-state index contributed by atoms with van der Waals surface area (Å²) in [5, 5.41) is 22.3. The first-order valence-corrected chi connectivity index (χ1v) is 2.97. The van der Waals surface area contributed by atoms with E-state index in [1.54, 1.807) is 20.9 Å². The molecule has 4 nitrogen and oxygen atoms in total. The van der Waals surface area contributed by atoms with E-state index in [0.717, 1.165) is 0 Å². The Morgan fingerprint density at radius 3 is 2.22 bits per heavy atom. The van der Waals surface area contributed by atoms with Gasteiger partial charge in [0.15, 0.2) is 6.67 Å². The topological polar surface area (TPSA) is 55.3 Å². The first-order chi connectivity index (χ1) is 4.00. The van der Waals surface area contributed by atoms with Crippen LogP contribution in [-0.2, 0) is 0 Å². The Balaban J connectivity index is 3.70. The average Bonchev–Trinajstić information content (AvgIpc) is 1.65. The van der Waals surface area contributed by atoms with Gasteiger partial charge < -0.3 is 5.21 Å². The SMILES string of the molecule is CNC[N+]([O-])(O)C(C)C. The van der Waals surface area contributed by atoms with E-state index in [-0.39, 0.29) is 12.7 Å². The number of nitrogens with one attached hydrogen (secondary N) is 1. The molecule has 0 rings (SSSR count). The summed E-state index contributed by atoms with van der Waals surface area (Å²) in [6, 6.07) is -0.308. The third-order valence-electron chi connectivity index (χ3n) is 1.19. The highest BCUT2D eigenvalue weighted by atomic mass is 16.8. The third-order valence-corrected chi connectivity index (χ3v) is 1.19. The van der Waals surface area contributed by atoms with Gasteiger partial charge in [0.1, 0.15) is 6.04 Å². The van der Waals surface area contributed by atoms with E-state index in [2.05, 4.69) is 5.32 Å². The smallest absolute Gasteiger partial charge is 0.162 e. The first-order valence-electron chi connectivity index (χ1n) is 2.97. The van der Waals surface area contributed by atoms with E-state index in [1.165, 1.54) is 0 Å². The summed E-state index contributed by atoms with van der Waals surface area (Å²) in [5.74, 6) is 0. The van der Waals surface area contributed by atoms with Crippen LogP contribution in [0.1, 0.15) is 13.8 Å². The van der Waals surface area contributed by atoms with Crippen molar-refractivity contribution < 1.29 is 10.0 Å². The van der Waals surface area contributed by atoms with Gasteiger partial charge in [-0.1, -0.05) is 0 Å². The summed E-state index contributed by atoms with van der Waals surface area (Å²) in [6.07, 6.45) is 0. The van der Waals surface area contributed by atoms with Crippen LogP contribution in [0.2, 0.25) is 0 Å². The molecule has 0 aromatic rings. The van der Waals surface area contributed by atoms with Crippen LogP contribution < -0.4 is 5.32 Å². The second-order valence-electron chi connectivity index (χ2n) is 2.36. The summed E-state index contributed by atoms with van der Waals surface area (Å²) in [7, 11) is 1.63. The lowest BCUT2D eigenvalue weighted by molar-refractivity contribution is -1.08. The van der Waals surface area contributed by atoms with E-state index in [1.807, 2.05) is 0 Å². The van der Waals surface area contributed by atoms with Crippen LogP contribution in [-0.4, -0.2) is 29.8 Å². The van der Waals surface area contributed by atoms with E-state index in [0.29, 0.717) is 0 Å². The second-order valence-corrected chi connectivity index (χ2v) is 2.36. The molecule has 0 aliphatic rings. The number of hydroxylamine groups is 4. The number of rotatable bonds is 3. The molecule has 0 amide bonds. The molecule has 4 heteroatoms. The van der Waals surface area contributed by atoms with Crippen molar-refractivity contribution in [2.45, 2.75) is 19.9 Å². The highest BCUT2D eigenvalue weighted by Gasteiger charge is 2.16. The Hall–Kier alpha value is -0.160. The minimum Gasteiger partial charge on any atom is -0.597 e. The van der Waals surface area contributed by atoms with Crippen LogP contribution in [0, 0.1) is 5.21 Å². The highest BCUT2D eigenvalue weighted by Crippen LogP contribution is 2.02. The zero-order valence-corrected chi connectivity index (χ0v) is 6.09. The van der Waals surface area contributed by atoms with E-state index < -0.39 is 4.81 Å². The summed E-state index contributed by atoms with van der Waals surface area (Å²) >= 11 is 0. The molecule has 0 saturated carbocycles. The number of quaternary nitrogens is 1. The molecule has 1 unspecified atom stereocenters. The van der Waals surface area contributed by atoms with E-state index in [9.17, 15) is 5.21 Å². The molecular formula is C5H14N2O2. The molecule has 0 fully saturated rings. The molecule has 0 radical (unpaired) electrons. The van der Waals surface area contributed by atoms with Gasteiger partial charge >= 0.3 is 0 Å². The zero-order valence-electron chi connectivity index (χ0n) is 6.09. The minimum absolute atomic E-state index is 0.0394. The van der Waals surface area contributed by atoms with Gasteiger partial charge in [-0.15, -0.1) is 0 Å². The maximum atomic E-state index is 10.8. The summed E-state index contributed by atoms with van der Waals surface area (Å²) in [6.45, 7) is 3.38. The van der Waals surface area contributed by atoms with Crippen molar-refractivity contribution in [2.75, 3.05) is 13.7 Å². The van der Waals surface area contributed by atoms with Gasteiger partial charge in [0.25, 0.3) is 0 Å². The highest BCUT2D eigenvalue weighted by molar-refractivity contribution is 4.37. The van der Waals surface area contributed by atoms with Crippen molar-refractivity contribution in [3.05, 3.63) is 5.21 Å². The summed E-state index contributed by atoms with van der Waals surface area (Å²) < 4.78 is 0. The monoisotopic (exact) mass is 134 g/mol. The molecule has 0 heterocycles. The van der Waals surface area contributed by atoms with Crippen molar-refractivity contribution in [2.24, 2.45) is 0 Å². The van der Waals surface area contributed by atoms with Gasteiger partial charge in [-0.3, -0.25) is 5.32 Å². The molecule has 2 N–H and O–H groups in total. The number of nitrogens with zero attached hydrogens (tertiary/aromatic N) is 1. The predicted molar refractivity (Wildman–Crippen MR) is 34.5 cm³/mol. The van der Waals surface area contributed by atoms with Crippen LogP contribution >= 0.6 is 0 Å². The van der Waals surface area contributed by atoms with Crippen LogP contribution in [0.4, 0.5) is 0 Å². The van der Waals surface area contributed by atoms with Crippen LogP contribution in [0.25, 0.3) is 0 Å². The van der Waals surface area contributed by atoms with Gasteiger partial charge in [-0.25, -0.2) is 10.0 Å². The molecule has 9 heavy (non-hydrogen) atoms. The van der Waals surface area contributed by atoms with Crippen molar-refractivity contribution in [3.8, 4) is 0 Å². The average molecular weight is 134 g/mol. The Bertz CT molecular complexity index is 83.0. The molecule has 56 valence electrons. The second kappa shape index (κ2) is 3.12. The fourth-order valence-corrected chi connectivity index (χ4v) is 0.409. The Morgan fingerprint density at radius 1 is 1.67 bits per heavy atom. The molecule has 0 aliphatic heterocycles. The van der Waals surface area contributed by atoms with Crippen molar-refractivity contribution in [3.63, 3.8) is 0 Å². The molecule has 1 atom stereocenters. The van der Waals surface area contributed by atoms with Gasteiger partial charge in [0, 0.05) is 0 Å². The minimum atomic E-state index is -1.21. The first kappa shape index (κ1) is 8.84. The lowest BCUT2D eigenvalue weighted by Crippen LogP contribution is -2.49. The molecule has 0 bridgehead atoms. The molecule has 0 aromatic heterocycles. The maximum Gasteiger partial charge on any atom is 0.162 e. The lowest BCUT2D eigenvalue weighted by atomic mass is 10.4. The van der Waals surface area contributed by atoms with E-state index in [4.69, 9.17) is 5.21 Å². The number of hydrogen-bond donors (Lipinski definition) is 2. The van der Waals surface area contributed by atoms with Gasteiger partial charge in [0.2, 0.25) is 0 Å². The predicted octanol–water partition coefficient (Wildman–Crippen LogP) is 0.276. The van der Waals surface area contributed by atoms with Gasteiger partial charge in [-0.05, 0) is 20.9 Å². The fourth-order valence-electron chi connectivity index (χ4n) is 0.409. The van der Waals surface area contributed by atoms with Crippen molar-refractivity contribution in [1.82, 2.24) is 5.32 Å². The number of hydrogen-bond acceptors (Lipinski definition) is 3. The molecule has 0 spiro atoms. The molecule has 0 aromatic carbocycles. The summed E-state index contributed by atoms with van der Waals surface area (Å²) in [4.78, 5) is -1.21. The Morgan fingerprint density at radius 2 is 2.11 bits per heavy atom. The molecular weight excluding hydrogens is 120 g/mol. The van der Waals surface area contributed by atoms with Gasteiger partial charge in [0.05, 0.1) is 0 Å². The maximum absolute atomic E-state index is 10.8. The Kier molecular flexibility index (Phi) is 3.07. The van der Waals surface area contributed by atoms with Crippen LogP contribution in [0.5, 0.6) is 0 Å². The largest absolute Gasteiger partial charge is 0.597 e. The third kappa shape index (κ3) is 2.76. The van der Waals surface area contributed by atoms with Crippen LogP contribution in [0.15, 0.2) is 0 Å². The zero-order chi connectivity index (χ0) is 7.49. The fraction of sp³-hybridized carbons (Fsp3) is 1.00. The quantitative estimate of drug-likeness (QED) is 0.331. The lowest BCUT2D eigenvalue weighted by Gasteiger charge is -2.36. The Labute approximate surface area is 55.2 Å². The van der Waals surface area contributed by atoms with Crippen molar-refractivity contribution >= 4 is 0 Å². The van der Waals surface area contributed by atoms with E-state index >= 15 is 0 Å². The van der Waals surface area contributed by atoms with Crippen molar-refractivity contribution in [1.29, 1.82) is 0 Å². The molecule has 0 saturated heterocycles. The summed E-state index contributed by atoms with van der Waals surface area (Å²) in [5.41, 5.74) is 0. The van der Waals surface area contributed by atoms with Crippen LogP contribution in [0.3, 0.4) is 0 Å². The molecule has 0 aliphatic carbocycles. The normalized spacial score (nSPS) is 18.0. The standard InChI is InChI=1S/C5H14N2O2/c1-5(2)7(8,9)4-6-3/h5-6,8H,4H2,1-3H3.